The van der Waals surface area contributed by atoms with Crippen LogP contribution < -0.4 is 10.2 Å². The van der Waals surface area contributed by atoms with Crippen LogP contribution in [0.5, 0.6) is 0 Å². The molecule has 0 rings (SSSR count). The van der Waals surface area contributed by atoms with E-state index in [1.54, 1.807) is 0 Å². The average Bonchev–Trinajstić information content (AvgIpc) is 2.59. The van der Waals surface area contributed by atoms with Crippen molar-refractivity contribution in [1.29, 1.82) is 0 Å². The van der Waals surface area contributed by atoms with Gasteiger partial charge in [0, 0.05) is 38.0 Å². The van der Waals surface area contributed by atoms with Crippen molar-refractivity contribution in [2.45, 2.75) is 77.4 Å². The van der Waals surface area contributed by atoms with Gasteiger partial charge >= 0.3 is 0 Å². The number of unbranched alkanes of at least 4 members (excludes halogenated alkanes) is 4. The van der Waals surface area contributed by atoms with E-state index in [0.717, 1.165) is 38.5 Å². The molecule has 0 fully saturated rings. The predicted molar refractivity (Wildman–Crippen MR) is 124 cm³/mol. The van der Waals surface area contributed by atoms with Crippen LogP contribution in [0.4, 0.5) is 0 Å². The van der Waals surface area contributed by atoms with Crippen LogP contribution >= 0.6 is 0 Å². The first-order valence-corrected chi connectivity index (χ1v) is 11.9. The average molecular weight is 463 g/mol. The zero-order valence-electron chi connectivity index (χ0n) is 22.0. The second kappa shape index (κ2) is 18.2. The highest BCUT2D eigenvalue weighted by molar-refractivity contribution is 5.65. The monoisotopic (exact) mass is 462 g/mol. The molecule has 2 unspecified atom stereocenters. The Morgan fingerprint density at radius 3 is 1.19 bits per heavy atom. The lowest BCUT2D eigenvalue weighted by molar-refractivity contribution is -0.873. The number of carboxylic acid groups (broad SMARTS) is 2. The summed E-state index contributed by atoms with van der Waals surface area (Å²) in [6, 6.07) is 0. The van der Waals surface area contributed by atoms with Crippen molar-refractivity contribution in [3.05, 3.63) is 0 Å². The molecule has 0 aromatic rings. The zero-order chi connectivity index (χ0) is 25.2. The molecule has 0 aromatic carbocycles. The van der Waals surface area contributed by atoms with Crippen molar-refractivity contribution >= 4 is 11.9 Å². The number of carboxylic acids is 2. The molecule has 0 spiro atoms. The molecular weight excluding hydrogens is 412 g/mol. The summed E-state index contributed by atoms with van der Waals surface area (Å²) in [7, 11) is 12.2. The Morgan fingerprint density at radius 2 is 0.969 bits per heavy atom. The maximum absolute atomic E-state index is 10.6. The summed E-state index contributed by atoms with van der Waals surface area (Å²) in [4.78, 5) is 21.2. The third-order valence-corrected chi connectivity index (χ3v) is 4.49. The molecule has 0 amide bonds. The molecule has 0 heterocycles. The highest BCUT2D eigenvalue weighted by Crippen LogP contribution is 2.07. The fourth-order valence-corrected chi connectivity index (χ4v) is 3.15. The Morgan fingerprint density at radius 1 is 0.656 bits per heavy atom. The molecule has 0 aliphatic heterocycles. The maximum Gasteiger partial charge on any atom is 0.112 e. The Labute approximate surface area is 196 Å². The third kappa shape index (κ3) is 26.8. The molecule has 2 atom stereocenters. The van der Waals surface area contributed by atoms with Gasteiger partial charge in [-0.15, -0.1) is 0 Å². The number of hydrogen-bond donors (Lipinski definition) is 0. The van der Waals surface area contributed by atoms with Crippen molar-refractivity contribution in [3.8, 4) is 0 Å². The fraction of sp³-hybridized carbons (Fsp3) is 0.917. The molecule has 0 saturated heterocycles. The van der Waals surface area contributed by atoms with Gasteiger partial charge in [-0.1, -0.05) is 39.5 Å². The number of hydrogen-bond acceptors (Lipinski definition) is 6. The van der Waals surface area contributed by atoms with Crippen LogP contribution in [0.25, 0.3) is 0 Å². The molecule has 0 aliphatic carbocycles. The Balaban J connectivity index is 0. The Hall–Kier alpha value is -1.22. The van der Waals surface area contributed by atoms with E-state index in [9.17, 15) is 19.8 Å². The van der Waals surface area contributed by atoms with E-state index >= 15 is 0 Å². The number of likely N-dealkylation sites (N-methyl/N-ethyl adjacent to an activating group) is 2. The van der Waals surface area contributed by atoms with Crippen molar-refractivity contribution < 1.29 is 38.2 Å². The lowest BCUT2D eigenvalue weighted by Gasteiger charge is -2.29. The summed E-state index contributed by atoms with van der Waals surface area (Å²) < 4.78 is 12.6. The number of quaternary nitrogens is 2. The summed E-state index contributed by atoms with van der Waals surface area (Å²) in [6.07, 6.45) is 6.04. The fourth-order valence-electron chi connectivity index (χ4n) is 3.15. The molecule has 0 bridgehead atoms. The van der Waals surface area contributed by atoms with E-state index in [1.807, 2.05) is 42.3 Å². The number of carbonyl (C=O) groups excluding carboxylic acids is 2. The van der Waals surface area contributed by atoms with E-state index in [2.05, 4.69) is 13.8 Å². The SMILES string of the molecule is CCCCCOC(CC(=O)[O-])C[N+](C)(C)C.CCCCCOC(CC(=O)[O-])C[N+](C)(C)C. The molecule has 0 N–H and O–H groups in total. The second-order valence-electron chi connectivity index (χ2n) is 10.5. The van der Waals surface area contributed by atoms with E-state index in [1.165, 1.54) is 0 Å². The largest absolute Gasteiger partial charge is 0.550 e. The van der Waals surface area contributed by atoms with Crippen molar-refractivity contribution in [2.24, 2.45) is 0 Å². The van der Waals surface area contributed by atoms with Crippen LogP contribution in [-0.4, -0.2) is 102 Å². The first-order chi connectivity index (χ1) is 14.7. The maximum atomic E-state index is 10.6. The molecule has 0 radical (unpaired) electrons. The van der Waals surface area contributed by atoms with E-state index < -0.39 is 11.9 Å². The summed E-state index contributed by atoms with van der Waals surface area (Å²) in [5.41, 5.74) is 0. The quantitative estimate of drug-likeness (QED) is 0.221. The Kier molecular flexibility index (Phi) is 18.8. The van der Waals surface area contributed by atoms with Gasteiger partial charge < -0.3 is 38.2 Å². The van der Waals surface area contributed by atoms with Crippen molar-refractivity contribution in [3.63, 3.8) is 0 Å². The van der Waals surface area contributed by atoms with Gasteiger partial charge in [0.15, 0.2) is 0 Å². The lowest BCUT2D eigenvalue weighted by atomic mass is 10.2. The summed E-state index contributed by atoms with van der Waals surface area (Å²) in [5, 5.41) is 21.2. The number of ether oxygens (including phenoxy) is 2. The van der Waals surface area contributed by atoms with Crippen molar-refractivity contribution in [2.75, 3.05) is 68.6 Å². The van der Waals surface area contributed by atoms with E-state index in [0.29, 0.717) is 35.3 Å². The number of carbonyl (C=O) groups is 2. The molecule has 8 heteroatoms. The van der Waals surface area contributed by atoms with Gasteiger partial charge in [0.2, 0.25) is 0 Å². The number of nitrogens with zero attached hydrogens (tertiary/aromatic N) is 2. The van der Waals surface area contributed by atoms with Crippen LogP contribution in [0.3, 0.4) is 0 Å². The smallest absolute Gasteiger partial charge is 0.112 e. The van der Waals surface area contributed by atoms with E-state index in [-0.39, 0.29) is 25.0 Å². The van der Waals surface area contributed by atoms with Crippen LogP contribution in [0.2, 0.25) is 0 Å². The van der Waals surface area contributed by atoms with Crippen LogP contribution in [-0.2, 0) is 19.1 Å². The van der Waals surface area contributed by atoms with E-state index in [4.69, 9.17) is 9.47 Å². The third-order valence-electron chi connectivity index (χ3n) is 4.49. The van der Waals surface area contributed by atoms with Gasteiger partial charge in [0.1, 0.15) is 25.3 Å². The first kappa shape index (κ1) is 33.0. The molecule has 0 aliphatic rings. The van der Waals surface area contributed by atoms with Gasteiger partial charge in [0.25, 0.3) is 0 Å². The van der Waals surface area contributed by atoms with Gasteiger partial charge in [-0.2, -0.15) is 0 Å². The minimum absolute atomic E-state index is 0.0123. The number of aliphatic carboxylic acids is 2. The molecule has 192 valence electrons. The van der Waals surface area contributed by atoms with Crippen LogP contribution in [0, 0.1) is 0 Å². The summed E-state index contributed by atoms with van der Waals surface area (Å²) in [5.74, 6) is -2.07. The zero-order valence-corrected chi connectivity index (χ0v) is 22.0. The van der Waals surface area contributed by atoms with Crippen LogP contribution in [0.15, 0.2) is 0 Å². The molecule has 0 saturated carbocycles. The molecular formula is C24H50N2O6. The highest BCUT2D eigenvalue weighted by Gasteiger charge is 2.19. The molecule has 8 nitrogen and oxygen atoms in total. The van der Waals surface area contributed by atoms with Gasteiger partial charge in [-0.25, -0.2) is 0 Å². The summed E-state index contributed by atoms with van der Waals surface area (Å²) in [6.45, 7) is 6.94. The Bertz CT molecular complexity index is 442. The normalized spacial score (nSPS) is 13.8. The van der Waals surface area contributed by atoms with Gasteiger partial charge in [0.05, 0.1) is 42.3 Å². The summed E-state index contributed by atoms with van der Waals surface area (Å²) >= 11 is 0. The van der Waals surface area contributed by atoms with Gasteiger partial charge in [-0.3, -0.25) is 0 Å². The number of rotatable bonds is 18. The molecule has 32 heavy (non-hydrogen) atoms. The topological polar surface area (TPSA) is 98.7 Å². The standard InChI is InChI=1S/2C12H25NO3/c2*1-5-6-7-8-16-11(9-12(14)15)10-13(2,3)4/h2*11H,5-10H2,1-4H3. The second-order valence-corrected chi connectivity index (χ2v) is 10.5. The first-order valence-electron chi connectivity index (χ1n) is 11.9. The van der Waals surface area contributed by atoms with Gasteiger partial charge in [-0.05, 0) is 12.8 Å². The highest BCUT2D eigenvalue weighted by atomic mass is 16.5. The minimum Gasteiger partial charge on any atom is -0.550 e. The van der Waals surface area contributed by atoms with Crippen molar-refractivity contribution in [1.82, 2.24) is 0 Å². The van der Waals surface area contributed by atoms with Crippen LogP contribution in [0.1, 0.15) is 65.2 Å². The lowest BCUT2D eigenvalue weighted by Crippen LogP contribution is -2.44. The predicted octanol–water partition coefficient (Wildman–Crippen LogP) is 0.816. The minimum atomic E-state index is -1.03. The molecule has 0 aromatic heterocycles.